The molecule has 0 fully saturated rings. The van der Waals surface area contributed by atoms with Crippen LogP contribution < -0.4 is 4.74 Å². The number of carbonyl (C=O) groups excluding carboxylic acids is 1. The molecular weight excluding hydrogens is 252 g/mol. The summed E-state index contributed by atoms with van der Waals surface area (Å²) in [5.74, 6) is 0.383. The largest absolute Gasteiger partial charge is 0.493 e. The van der Waals surface area contributed by atoms with Crippen LogP contribution in [-0.2, 0) is 14.6 Å². The summed E-state index contributed by atoms with van der Waals surface area (Å²) in [6, 6.07) is 7.41. The lowest BCUT2D eigenvalue weighted by molar-refractivity contribution is -0.116. The predicted octanol–water partition coefficient (Wildman–Crippen LogP) is 1.77. The maximum Gasteiger partial charge on any atom is 0.154 e. The van der Waals surface area contributed by atoms with E-state index in [2.05, 4.69) is 0 Å². The Morgan fingerprint density at radius 3 is 2.33 bits per heavy atom. The van der Waals surface area contributed by atoms with Gasteiger partial charge >= 0.3 is 0 Å². The quantitative estimate of drug-likeness (QED) is 0.757. The summed E-state index contributed by atoms with van der Waals surface area (Å²) >= 11 is 0. The summed E-state index contributed by atoms with van der Waals surface area (Å²) < 4.78 is 28.4. The molecule has 5 heteroatoms. The zero-order valence-electron chi connectivity index (χ0n) is 10.7. The van der Waals surface area contributed by atoms with Crippen molar-refractivity contribution in [3.8, 4) is 5.75 Å². The number of rotatable bonds is 7. The van der Waals surface area contributed by atoms with E-state index < -0.39 is 9.84 Å². The Morgan fingerprint density at radius 1 is 1.17 bits per heavy atom. The highest BCUT2D eigenvalue weighted by Crippen LogP contribution is 2.11. The Bertz CT molecular complexity index is 488. The van der Waals surface area contributed by atoms with Gasteiger partial charge in [-0.3, -0.25) is 4.79 Å². The number of carbonyl (C=O) groups is 1. The van der Waals surface area contributed by atoms with E-state index in [1.165, 1.54) is 6.92 Å². The van der Waals surface area contributed by atoms with Crippen LogP contribution in [0.4, 0.5) is 0 Å². The highest BCUT2D eigenvalue weighted by atomic mass is 32.2. The fourth-order valence-electron chi connectivity index (χ4n) is 1.32. The van der Waals surface area contributed by atoms with Gasteiger partial charge in [-0.1, -0.05) is 17.7 Å². The van der Waals surface area contributed by atoms with Crippen LogP contribution >= 0.6 is 0 Å². The van der Waals surface area contributed by atoms with Crippen LogP contribution in [0.15, 0.2) is 24.3 Å². The fourth-order valence-corrected chi connectivity index (χ4v) is 2.46. The summed E-state index contributed by atoms with van der Waals surface area (Å²) in [6.07, 6.45) is 0.0763. The Labute approximate surface area is 108 Å². The number of hydrogen-bond donors (Lipinski definition) is 0. The molecule has 100 valence electrons. The van der Waals surface area contributed by atoms with E-state index in [1.807, 2.05) is 19.1 Å². The van der Waals surface area contributed by atoms with Gasteiger partial charge in [-0.2, -0.15) is 0 Å². The topological polar surface area (TPSA) is 60.4 Å². The van der Waals surface area contributed by atoms with Gasteiger partial charge in [-0.05, 0) is 26.0 Å². The second kappa shape index (κ2) is 6.54. The molecule has 0 aliphatic rings. The highest BCUT2D eigenvalue weighted by molar-refractivity contribution is 7.91. The molecule has 1 aromatic rings. The minimum absolute atomic E-state index is 0.0614. The molecule has 0 aliphatic carbocycles. The van der Waals surface area contributed by atoms with Gasteiger partial charge in [0, 0.05) is 6.42 Å². The fraction of sp³-hybridized carbons (Fsp3) is 0.462. The standard InChI is InChI=1S/C13H18O4S/c1-11-3-5-13(6-4-11)17-8-10-18(15,16)9-7-12(2)14/h3-6H,7-10H2,1-2H3. The average molecular weight is 270 g/mol. The third-order valence-corrected chi connectivity index (χ3v) is 4.06. The SMILES string of the molecule is CC(=O)CCS(=O)(=O)CCOc1ccc(C)cc1. The molecule has 0 bridgehead atoms. The van der Waals surface area contributed by atoms with Crippen molar-refractivity contribution in [2.24, 2.45) is 0 Å². The zero-order chi connectivity index (χ0) is 13.6. The molecule has 0 aliphatic heterocycles. The number of hydrogen-bond acceptors (Lipinski definition) is 4. The molecule has 0 aromatic heterocycles. The van der Waals surface area contributed by atoms with Crippen molar-refractivity contribution in [1.29, 1.82) is 0 Å². The molecule has 1 rings (SSSR count). The molecule has 0 saturated carbocycles. The van der Waals surface area contributed by atoms with E-state index >= 15 is 0 Å². The number of ketones is 1. The van der Waals surface area contributed by atoms with Crippen molar-refractivity contribution < 1.29 is 17.9 Å². The van der Waals surface area contributed by atoms with E-state index in [0.29, 0.717) is 5.75 Å². The first-order chi connectivity index (χ1) is 8.39. The number of Topliss-reactive ketones (excluding diaryl/α,β-unsaturated/α-hetero) is 1. The Morgan fingerprint density at radius 2 is 1.78 bits per heavy atom. The van der Waals surface area contributed by atoms with Crippen molar-refractivity contribution in [2.75, 3.05) is 18.1 Å². The number of benzene rings is 1. The summed E-state index contributed by atoms with van der Waals surface area (Å²) in [4.78, 5) is 10.7. The predicted molar refractivity (Wildman–Crippen MR) is 70.6 cm³/mol. The highest BCUT2D eigenvalue weighted by Gasteiger charge is 2.12. The molecule has 0 N–H and O–H groups in total. The lowest BCUT2D eigenvalue weighted by Crippen LogP contribution is -2.18. The van der Waals surface area contributed by atoms with Crippen molar-refractivity contribution in [2.45, 2.75) is 20.3 Å². The average Bonchev–Trinajstić information content (AvgIpc) is 2.29. The van der Waals surface area contributed by atoms with Crippen molar-refractivity contribution >= 4 is 15.6 Å². The minimum Gasteiger partial charge on any atom is -0.493 e. The maximum absolute atomic E-state index is 11.5. The first-order valence-electron chi connectivity index (χ1n) is 5.78. The molecule has 4 nitrogen and oxygen atoms in total. The lowest BCUT2D eigenvalue weighted by atomic mass is 10.2. The molecule has 18 heavy (non-hydrogen) atoms. The monoisotopic (exact) mass is 270 g/mol. The number of sulfone groups is 1. The summed E-state index contributed by atoms with van der Waals surface area (Å²) in [5.41, 5.74) is 1.12. The third kappa shape index (κ3) is 5.82. The summed E-state index contributed by atoms with van der Waals surface area (Å²) in [6.45, 7) is 3.47. The van der Waals surface area contributed by atoms with E-state index in [1.54, 1.807) is 12.1 Å². The molecular formula is C13H18O4S. The summed E-state index contributed by atoms with van der Waals surface area (Å²) in [7, 11) is -3.20. The van der Waals surface area contributed by atoms with E-state index in [-0.39, 0.29) is 30.3 Å². The first-order valence-corrected chi connectivity index (χ1v) is 7.60. The van der Waals surface area contributed by atoms with Crippen LogP contribution in [0.3, 0.4) is 0 Å². The third-order valence-electron chi connectivity index (χ3n) is 2.45. The van der Waals surface area contributed by atoms with Crippen molar-refractivity contribution in [3.63, 3.8) is 0 Å². The number of aryl methyl sites for hydroxylation is 1. The van der Waals surface area contributed by atoms with E-state index in [0.717, 1.165) is 5.56 Å². The number of ether oxygens (including phenoxy) is 1. The van der Waals surface area contributed by atoms with Crippen LogP contribution in [-0.4, -0.2) is 32.3 Å². The molecule has 0 radical (unpaired) electrons. The first kappa shape index (κ1) is 14.7. The van der Waals surface area contributed by atoms with Gasteiger partial charge < -0.3 is 4.74 Å². The van der Waals surface area contributed by atoms with E-state index in [9.17, 15) is 13.2 Å². The molecule has 0 atom stereocenters. The van der Waals surface area contributed by atoms with Gasteiger partial charge in [0.05, 0.1) is 11.5 Å². The Balaban J connectivity index is 2.37. The van der Waals surface area contributed by atoms with Crippen molar-refractivity contribution in [3.05, 3.63) is 29.8 Å². The molecule has 0 spiro atoms. The van der Waals surface area contributed by atoms with Gasteiger partial charge in [0.1, 0.15) is 18.1 Å². The second-order valence-corrected chi connectivity index (χ2v) is 6.57. The van der Waals surface area contributed by atoms with Gasteiger partial charge in [0.25, 0.3) is 0 Å². The second-order valence-electron chi connectivity index (χ2n) is 4.27. The normalized spacial score (nSPS) is 11.2. The van der Waals surface area contributed by atoms with Gasteiger partial charge in [-0.15, -0.1) is 0 Å². The zero-order valence-corrected chi connectivity index (χ0v) is 11.5. The van der Waals surface area contributed by atoms with Gasteiger partial charge in [0.15, 0.2) is 9.84 Å². The minimum atomic E-state index is -3.20. The lowest BCUT2D eigenvalue weighted by Gasteiger charge is -2.07. The molecule has 0 amide bonds. The smallest absolute Gasteiger partial charge is 0.154 e. The Hall–Kier alpha value is -1.36. The molecule has 0 saturated heterocycles. The van der Waals surface area contributed by atoms with Crippen molar-refractivity contribution in [1.82, 2.24) is 0 Å². The van der Waals surface area contributed by atoms with Gasteiger partial charge in [-0.25, -0.2) is 8.42 Å². The van der Waals surface area contributed by atoms with E-state index in [4.69, 9.17) is 4.74 Å². The van der Waals surface area contributed by atoms with Gasteiger partial charge in [0.2, 0.25) is 0 Å². The Kier molecular flexibility index (Phi) is 5.34. The van der Waals surface area contributed by atoms with Crippen LogP contribution in [0, 0.1) is 6.92 Å². The molecule has 0 unspecified atom stereocenters. The van der Waals surface area contributed by atoms with Crippen LogP contribution in [0.5, 0.6) is 5.75 Å². The van der Waals surface area contributed by atoms with Crippen LogP contribution in [0.1, 0.15) is 18.9 Å². The van der Waals surface area contributed by atoms with Crippen LogP contribution in [0.2, 0.25) is 0 Å². The van der Waals surface area contributed by atoms with Crippen LogP contribution in [0.25, 0.3) is 0 Å². The molecule has 0 heterocycles. The molecule has 1 aromatic carbocycles. The summed E-state index contributed by atoms with van der Waals surface area (Å²) in [5, 5.41) is 0. The maximum atomic E-state index is 11.5.